The summed E-state index contributed by atoms with van der Waals surface area (Å²) in [5.41, 5.74) is 11.6. The molecule has 0 fully saturated rings. The van der Waals surface area contributed by atoms with E-state index in [1.807, 2.05) is 12.1 Å². The molecule has 0 saturated heterocycles. The molecule has 0 amide bonds. The van der Waals surface area contributed by atoms with Crippen LogP contribution in [-0.2, 0) is 0 Å². The molecule has 0 aliphatic rings. The molecule has 0 saturated carbocycles. The molecule has 1 aromatic carbocycles. The standard InChI is InChI=1S/C17H15N3S/c1-10-5-3-4-6-13(10)15-16(18)20-11(2)7-12-8-21-9-14(12)17(20)19-15/h3-9H,18H2,1-2H3. The Bertz CT molecular complexity index is 978. The van der Waals surface area contributed by atoms with Crippen LogP contribution in [-0.4, -0.2) is 9.38 Å². The SMILES string of the molecule is Cc1ccccc1-c1nc2c3cscc3cc(C)n2c1N. The molecular weight excluding hydrogens is 278 g/mol. The number of hydrogen-bond donors (Lipinski definition) is 1. The molecule has 4 rings (SSSR count). The fraction of sp³-hybridized carbons (Fsp3) is 0.118. The van der Waals surface area contributed by atoms with E-state index in [9.17, 15) is 0 Å². The minimum Gasteiger partial charge on any atom is -0.383 e. The summed E-state index contributed by atoms with van der Waals surface area (Å²) in [6, 6.07) is 10.4. The lowest BCUT2D eigenvalue weighted by molar-refractivity contribution is 1.12. The van der Waals surface area contributed by atoms with E-state index >= 15 is 0 Å². The van der Waals surface area contributed by atoms with E-state index in [0.717, 1.165) is 28.0 Å². The smallest absolute Gasteiger partial charge is 0.148 e. The Kier molecular flexibility index (Phi) is 2.56. The highest BCUT2D eigenvalue weighted by Crippen LogP contribution is 2.33. The van der Waals surface area contributed by atoms with Crippen molar-refractivity contribution in [2.75, 3.05) is 5.73 Å². The van der Waals surface area contributed by atoms with Crippen molar-refractivity contribution < 1.29 is 0 Å². The van der Waals surface area contributed by atoms with Crippen LogP contribution >= 0.6 is 11.3 Å². The molecule has 0 spiro atoms. The first kappa shape index (κ1) is 12.4. The number of thiophene rings is 1. The predicted octanol–water partition coefficient (Wildman–Crippen LogP) is 4.42. The van der Waals surface area contributed by atoms with Gasteiger partial charge in [0.2, 0.25) is 0 Å². The summed E-state index contributed by atoms with van der Waals surface area (Å²) in [5, 5.41) is 6.68. The van der Waals surface area contributed by atoms with E-state index in [0.29, 0.717) is 5.82 Å². The fourth-order valence-corrected chi connectivity index (χ4v) is 3.68. The first-order valence-corrected chi connectivity index (χ1v) is 7.80. The zero-order valence-electron chi connectivity index (χ0n) is 11.9. The maximum absolute atomic E-state index is 6.40. The molecule has 3 aromatic heterocycles. The van der Waals surface area contributed by atoms with Crippen LogP contribution in [0, 0.1) is 13.8 Å². The zero-order chi connectivity index (χ0) is 14.6. The van der Waals surface area contributed by atoms with Gasteiger partial charge in [0.15, 0.2) is 0 Å². The Hall–Kier alpha value is -2.33. The van der Waals surface area contributed by atoms with Gasteiger partial charge in [0.05, 0.1) is 0 Å². The zero-order valence-corrected chi connectivity index (χ0v) is 12.7. The number of pyridine rings is 1. The molecule has 0 aliphatic carbocycles. The molecule has 21 heavy (non-hydrogen) atoms. The molecule has 0 unspecified atom stereocenters. The number of benzene rings is 1. The summed E-state index contributed by atoms with van der Waals surface area (Å²) in [6.45, 7) is 4.16. The third kappa shape index (κ3) is 1.69. The second kappa shape index (κ2) is 4.33. The lowest BCUT2D eigenvalue weighted by atomic mass is 10.1. The lowest BCUT2D eigenvalue weighted by Crippen LogP contribution is -1.98. The van der Waals surface area contributed by atoms with E-state index in [-0.39, 0.29) is 0 Å². The van der Waals surface area contributed by atoms with Crippen molar-refractivity contribution in [1.29, 1.82) is 0 Å². The quantitative estimate of drug-likeness (QED) is 0.564. The molecule has 2 N–H and O–H groups in total. The number of hydrogen-bond acceptors (Lipinski definition) is 3. The number of aryl methyl sites for hydroxylation is 2. The van der Waals surface area contributed by atoms with Gasteiger partial charge in [-0.1, -0.05) is 24.3 Å². The summed E-state index contributed by atoms with van der Waals surface area (Å²) in [6.07, 6.45) is 0. The highest BCUT2D eigenvalue weighted by atomic mass is 32.1. The number of aromatic nitrogens is 2. The summed E-state index contributed by atoms with van der Waals surface area (Å²) in [7, 11) is 0. The van der Waals surface area contributed by atoms with Gasteiger partial charge in [0.25, 0.3) is 0 Å². The van der Waals surface area contributed by atoms with Gasteiger partial charge in [-0.05, 0) is 36.2 Å². The maximum atomic E-state index is 6.40. The Morgan fingerprint density at radius 2 is 1.95 bits per heavy atom. The fourth-order valence-electron chi connectivity index (χ4n) is 2.90. The van der Waals surface area contributed by atoms with E-state index in [1.165, 1.54) is 10.9 Å². The van der Waals surface area contributed by atoms with Gasteiger partial charge >= 0.3 is 0 Å². The van der Waals surface area contributed by atoms with Crippen LogP contribution in [0.1, 0.15) is 11.3 Å². The van der Waals surface area contributed by atoms with Gasteiger partial charge in [0.1, 0.15) is 17.2 Å². The molecular formula is C17H15N3S. The first-order valence-electron chi connectivity index (χ1n) is 6.86. The van der Waals surface area contributed by atoms with Crippen molar-refractivity contribution >= 4 is 33.6 Å². The van der Waals surface area contributed by atoms with E-state index in [4.69, 9.17) is 10.7 Å². The number of imidazole rings is 1. The van der Waals surface area contributed by atoms with Crippen LogP contribution in [0.3, 0.4) is 0 Å². The third-order valence-corrected chi connectivity index (χ3v) is 4.72. The molecule has 0 radical (unpaired) electrons. The van der Waals surface area contributed by atoms with Crippen molar-refractivity contribution in [3.63, 3.8) is 0 Å². The number of nitrogens with two attached hydrogens (primary N) is 1. The summed E-state index contributed by atoms with van der Waals surface area (Å²) in [4.78, 5) is 4.85. The normalized spacial score (nSPS) is 11.5. The Balaban J connectivity index is 2.15. The van der Waals surface area contributed by atoms with E-state index in [1.54, 1.807) is 11.3 Å². The molecule has 0 aliphatic heterocycles. The van der Waals surface area contributed by atoms with Crippen molar-refractivity contribution in [3.05, 3.63) is 52.3 Å². The molecule has 3 heterocycles. The molecule has 104 valence electrons. The van der Waals surface area contributed by atoms with Gasteiger partial charge < -0.3 is 5.73 Å². The molecule has 0 atom stereocenters. The Labute approximate surface area is 126 Å². The highest BCUT2D eigenvalue weighted by Gasteiger charge is 2.16. The maximum Gasteiger partial charge on any atom is 0.148 e. The molecule has 3 nitrogen and oxygen atoms in total. The van der Waals surface area contributed by atoms with Crippen LogP contribution in [0.5, 0.6) is 0 Å². The van der Waals surface area contributed by atoms with Crippen molar-refractivity contribution in [1.82, 2.24) is 9.38 Å². The molecule has 4 aromatic rings. The minimum atomic E-state index is 0.713. The average molecular weight is 293 g/mol. The highest BCUT2D eigenvalue weighted by molar-refractivity contribution is 7.09. The summed E-state index contributed by atoms with van der Waals surface area (Å²) >= 11 is 1.70. The van der Waals surface area contributed by atoms with Crippen molar-refractivity contribution in [3.8, 4) is 11.3 Å². The number of rotatable bonds is 1. The second-order valence-corrected chi connectivity index (χ2v) is 6.09. The molecule has 4 heteroatoms. The topological polar surface area (TPSA) is 43.3 Å². The third-order valence-electron chi connectivity index (χ3n) is 3.96. The van der Waals surface area contributed by atoms with Gasteiger partial charge in [-0.3, -0.25) is 4.40 Å². The van der Waals surface area contributed by atoms with Crippen LogP contribution in [0.2, 0.25) is 0 Å². The largest absolute Gasteiger partial charge is 0.383 e. The second-order valence-electron chi connectivity index (χ2n) is 5.35. The van der Waals surface area contributed by atoms with E-state index in [2.05, 4.69) is 47.2 Å². The monoisotopic (exact) mass is 293 g/mol. The van der Waals surface area contributed by atoms with Gasteiger partial charge in [-0.25, -0.2) is 4.98 Å². The van der Waals surface area contributed by atoms with Crippen LogP contribution in [0.25, 0.3) is 27.7 Å². The molecule has 0 bridgehead atoms. The van der Waals surface area contributed by atoms with Crippen LogP contribution < -0.4 is 5.73 Å². The lowest BCUT2D eigenvalue weighted by Gasteiger charge is -2.05. The Morgan fingerprint density at radius 3 is 2.76 bits per heavy atom. The predicted molar refractivity (Wildman–Crippen MR) is 89.9 cm³/mol. The van der Waals surface area contributed by atoms with Crippen molar-refractivity contribution in [2.45, 2.75) is 13.8 Å². The number of anilines is 1. The number of nitrogen functional groups attached to an aromatic ring is 1. The van der Waals surface area contributed by atoms with Gasteiger partial charge in [0, 0.05) is 22.0 Å². The van der Waals surface area contributed by atoms with Crippen LogP contribution in [0.15, 0.2) is 41.1 Å². The van der Waals surface area contributed by atoms with Gasteiger partial charge in [-0.2, -0.15) is 11.3 Å². The number of fused-ring (bicyclic) bond motifs is 3. The number of nitrogens with zero attached hydrogens (tertiary/aromatic N) is 2. The summed E-state index contributed by atoms with van der Waals surface area (Å²) in [5.74, 6) is 0.713. The minimum absolute atomic E-state index is 0.713. The van der Waals surface area contributed by atoms with Crippen molar-refractivity contribution in [2.24, 2.45) is 0 Å². The summed E-state index contributed by atoms with van der Waals surface area (Å²) < 4.78 is 2.05. The Morgan fingerprint density at radius 1 is 1.14 bits per heavy atom. The van der Waals surface area contributed by atoms with E-state index < -0.39 is 0 Å². The van der Waals surface area contributed by atoms with Crippen LogP contribution in [0.4, 0.5) is 5.82 Å². The first-order chi connectivity index (χ1) is 10.2. The van der Waals surface area contributed by atoms with Gasteiger partial charge in [-0.15, -0.1) is 0 Å². The average Bonchev–Trinajstić information content (AvgIpc) is 3.04.